The number of carbonyl (C=O) groups is 1. The van der Waals surface area contributed by atoms with Crippen LogP contribution in [0.1, 0.15) is 12.8 Å². The lowest BCUT2D eigenvalue weighted by Crippen LogP contribution is -2.50. The molecule has 0 spiro atoms. The Balaban J connectivity index is 1.48. The number of nitrogens with two attached hydrogens (primary N) is 1. The minimum absolute atomic E-state index is 0.274. The summed E-state index contributed by atoms with van der Waals surface area (Å²) in [4.78, 5) is 27.5. The SMILES string of the molecule is NCCNc1nccc(N2CCN(CC(=O)N3CCCC3)CC2)n1. The van der Waals surface area contributed by atoms with E-state index in [1.807, 2.05) is 11.0 Å². The Morgan fingerprint density at radius 3 is 2.62 bits per heavy atom. The van der Waals surface area contributed by atoms with Gasteiger partial charge in [-0.15, -0.1) is 0 Å². The Bertz CT molecular complexity index is 539. The van der Waals surface area contributed by atoms with E-state index in [4.69, 9.17) is 5.73 Å². The van der Waals surface area contributed by atoms with Crippen molar-refractivity contribution in [1.82, 2.24) is 19.8 Å². The Morgan fingerprint density at radius 2 is 1.92 bits per heavy atom. The minimum atomic E-state index is 0.274. The second-order valence-electron chi connectivity index (χ2n) is 6.30. The van der Waals surface area contributed by atoms with Crippen LogP contribution in [0.2, 0.25) is 0 Å². The molecule has 3 rings (SSSR count). The van der Waals surface area contributed by atoms with Crippen LogP contribution >= 0.6 is 0 Å². The third kappa shape index (κ3) is 4.33. The first-order valence-corrected chi connectivity index (χ1v) is 8.78. The summed E-state index contributed by atoms with van der Waals surface area (Å²) in [6, 6.07) is 1.93. The van der Waals surface area contributed by atoms with Crippen LogP contribution in [0.4, 0.5) is 11.8 Å². The maximum atomic E-state index is 12.2. The fourth-order valence-electron chi connectivity index (χ4n) is 3.19. The zero-order valence-corrected chi connectivity index (χ0v) is 14.2. The monoisotopic (exact) mass is 333 g/mol. The number of hydrogen-bond donors (Lipinski definition) is 2. The molecule has 0 atom stereocenters. The van der Waals surface area contributed by atoms with E-state index in [9.17, 15) is 4.79 Å². The molecule has 8 nitrogen and oxygen atoms in total. The number of anilines is 2. The minimum Gasteiger partial charge on any atom is -0.354 e. The summed E-state index contributed by atoms with van der Waals surface area (Å²) in [5.74, 6) is 1.82. The smallest absolute Gasteiger partial charge is 0.236 e. The standard InChI is InChI=1S/C16H27N7O/c17-4-6-19-16-18-5-3-14(20-16)22-11-9-21(10-12-22)13-15(24)23-7-1-2-8-23/h3,5H,1-2,4,6-13,17H2,(H,18,19,20). The van der Waals surface area contributed by atoms with Gasteiger partial charge < -0.3 is 20.9 Å². The van der Waals surface area contributed by atoms with Gasteiger partial charge in [0, 0.05) is 58.6 Å². The van der Waals surface area contributed by atoms with Crippen LogP contribution < -0.4 is 16.0 Å². The number of likely N-dealkylation sites (tertiary alicyclic amines) is 1. The predicted octanol–water partition coefficient (Wildman–Crippen LogP) is -0.408. The van der Waals surface area contributed by atoms with Crippen molar-refractivity contribution in [2.75, 3.05) is 69.1 Å². The number of nitrogens with one attached hydrogen (secondary N) is 1. The Morgan fingerprint density at radius 1 is 1.17 bits per heavy atom. The molecule has 8 heteroatoms. The van der Waals surface area contributed by atoms with Gasteiger partial charge in [-0.2, -0.15) is 4.98 Å². The molecule has 1 aromatic heterocycles. The van der Waals surface area contributed by atoms with Gasteiger partial charge in [0.2, 0.25) is 11.9 Å². The second kappa shape index (κ2) is 8.25. The molecular formula is C16H27N7O. The lowest BCUT2D eigenvalue weighted by Gasteiger charge is -2.35. The molecule has 2 aliphatic heterocycles. The number of piperazine rings is 1. The summed E-state index contributed by atoms with van der Waals surface area (Å²) in [5, 5.41) is 3.11. The van der Waals surface area contributed by atoms with Crippen molar-refractivity contribution in [3.8, 4) is 0 Å². The lowest BCUT2D eigenvalue weighted by atomic mass is 10.3. The van der Waals surface area contributed by atoms with Gasteiger partial charge in [0.25, 0.3) is 0 Å². The summed E-state index contributed by atoms with van der Waals surface area (Å²) in [5.41, 5.74) is 5.49. The molecule has 0 aliphatic carbocycles. The molecule has 132 valence electrons. The first-order chi connectivity index (χ1) is 11.8. The fourth-order valence-corrected chi connectivity index (χ4v) is 3.19. The number of hydrogen-bond acceptors (Lipinski definition) is 7. The summed E-state index contributed by atoms with van der Waals surface area (Å²) >= 11 is 0. The van der Waals surface area contributed by atoms with E-state index in [1.54, 1.807) is 6.20 Å². The van der Waals surface area contributed by atoms with Crippen molar-refractivity contribution in [3.05, 3.63) is 12.3 Å². The maximum Gasteiger partial charge on any atom is 0.236 e. The van der Waals surface area contributed by atoms with Gasteiger partial charge in [0.05, 0.1) is 6.54 Å². The first kappa shape index (κ1) is 16.9. The molecule has 0 unspecified atom stereocenters. The Kier molecular flexibility index (Phi) is 5.81. The van der Waals surface area contributed by atoms with Gasteiger partial charge in [-0.25, -0.2) is 4.98 Å². The number of carbonyl (C=O) groups excluding carboxylic acids is 1. The molecule has 3 N–H and O–H groups in total. The van der Waals surface area contributed by atoms with E-state index in [0.29, 0.717) is 25.6 Å². The Labute approximate surface area is 143 Å². The molecule has 3 heterocycles. The van der Waals surface area contributed by atoms with Crippen molar-refractivity contribution in [1.29, 1.82) is 0 Å². The molecule has 2 fully saturated rings. The fraction of sp³-hybridized carbons (Fsp3) is 0.688. The van der Waals surface area contributed by atoms with E-state index in [-0.39, 0.29) is 5.91 Å². The van der Waals surface area contributed by atoms with Crippen LogP contribution in [-0.2, 0) is 4.79 Å². The topological polar surface area (TPSA) is 90.6 Å². The van der Waals surface area contributed by atoms with Crippen LogP contribution in [0.3, 0.4) is 0 Å². The third-order valence-electron chi connectivity index (χ3n) is 4.58. The number of aromatic nitrogens is 2. The van der Waals surface area contributed by atoms with Crippen molar-refractivity contribution < 1.29 is 4.79 Å². The largest absolute Gasteiger partial charge is 0.354 e. The van der Waals surface area contributed by atoms with Gasteiger partial charge >= 0.3 is 0 Å². The summed E-state index contributed by atoms with van der Waals surface area (Å²) in [7, 11) is 0. The van der Waals surface area contributed by atoms with Crippen LogP contribution in [0.25, 0.3) is 0 Å². The molecular weight excluding hydrogens is 306 g/mol. The van der Waals surface area contributed by atoms with Crippen LogP contribution in [0.5, 0.6) is 0 Å². The van der Waals surface area contributed by atoms with E-state index in [2.05, 4.69) is 25.1 Å². The zero-order chi connectivity index (χ0) is 16.8. The molecule has 0 radical (unpaired) electrons. The predicted molar refractivity (Wildman–Crippen MR) is 94.0 cm³/mol. The summed E-state index contributed by atoms with van der Waals surface area (Å²) < 4.78 is 0. The quantitative estimate of drug-likeness (QED) is 0.731. The molecule has 2 aliphatic rings. The van der Waals surface area contributed by atoms with Gasteiger partial charge in [-0.1, -0.05) is 0 Å². The highest BCUT2D eigenvalue weighted by atomic mass is 16.2. The first-order valence-electron chi connectivity index (χ1n) is 8.78. The van der Waals surface area contributed by atoms with Crippen molar-refractivity contribution in [2.45, 2.75) is 12.8 Å². The molecule has 24 heavy (non-hydrogen) atoms. The van der Waals surface area contributed by atoms with E-state index in [1.165, 1.54) is 0 Å². The average Bonchev–Trinajstić information content (AvgIpc) is 3.16. The zero-order valence-electron chi connectivity index (χ0n) is 14.2. The van der Waals surface area contributed by atoms with Gasteiger partial charge in [-0.3, -0.25) is 9.69 Å². The highest BCUT2D eigenvalue weighted by Gasteiger charge is 2.23. The van der Waals surface area contributed by atoms with Gasteiger partial charge in [0.1, 0.15) is 5.82 Å². The normalized spacial score (nSPS) is 18.9. The molecule has 1 aromatic rings. The third-order valence-corrected chi connectivity index (χ3v) is 4.58. The Hall–Kier alpha value is -1.93. The maximum absolute atomic E-state index is 12.2. The molecule has 0 aromatic carbocycles. The van der Waals surface area contributed by atoms with Gasteiger partial charge in [-0.05, 0) is 18.9 Å². The van der Waals surface area contributed by atoms with Crippen molar-refractivity contribution in [3.63, 3.8) is 0 Å². The highest BCUT2D eigenvalue weighted by Crippen LogP contribution is 2.15. The second-order valence-corrected chi connectivity index (χ2v) is 6.30. The average molecular weight is 333 g/mol. The molecule has 0 bridgehead atoms. The highest BCUT2D eigenvalue weighted by molar-refractivity contribution is 5.78. The number of nitrogens with zero attached hydrogens (tertiary/aromatic N) is 5. The van der Waals surface area contributed by atoms with E-state index in [0.717, 1.165) is 57.9 Å². The number of rotatable bonds is 6. The van der Waals surface area contributed by atoms with Crippen LogP contribution in [0, 0.1) is 0 Å². The van der Waals surface area contributed by atoms with Crippen molar-refractivity contribution >= 4 is 17.7 Å². The molecule has 2 saturated heterocycles. The summed E-state index contributed by atoms with van der Waals surface area (Å²) in [6.45, 7) is 7.14. The van der Waals surface area contributed by atoms with Crippen LogP contribution in [0.15, 0.2) is 12.3 Å². The van der Waals surface area contributed by atoms with Crippen LogP contribution in [-0.4, -0.2) is 84.6 Å². The van der Waals surface area contributed by atoms with E-state index < -0.39 is 0 Å². The van der Waals surface area contributed by atoms with E-state index >= 15 is 0 Å². The molecule has 0 saturated carbocycles. The number of amides is 1. The lowest BCUT2D eigenvalue weighted by molar-refractivity contribution is -0.131. The molecule has 1 amide bonds. The van der Waals surface area contributed by atoms with Crippen molar-refractivity contribution in [2.24, 2.45) is 5.73 Å². The summed E-state index contributed by atoms with van der Waals surface area (Å²) in [6.07, 6.45) is 4.06. The van der Waals surface area contributed by atoms with Gasteiger partial charge in [0.15, 0.2) is 0 Å².